The van der Waals surface area contributed by atoms with E-state index >= 15 is 0 Å². The Morgan fingerprint density at radius 3 is 1.14 bits per heavy atom. The zero-order valence-corrected chi connectivity index (χ0v) is 8.85. The van der Waals surface area contributed by atoms with Crippen LogP contribution in [0.1, 0.15) is 0 Å². The first kappa shape index (κ1) is 15.9. The van der Waals surface area contributed by atoms with Crippen molar-refractivity contribution in [2.24, 2.45) is 0 Å². The minimum absolute atomic E-state index is 0. The van der Waals surface area contributed by atoms with Crippen molar-refractivity contribution in [2.75, 3.05) is 0 Å². The van der Waals surface area contributed by atoms with Gasteiger partial charge in [-0.05, 0) is 0 Å². The summed E-state index contributed by atoms with van der Waals surface area (Å²) in [6, 6.07) is 0. The van der Waals surface area contributed by atoms with Crippen LogP contribution in [-0.2, 0) is 10.4 Å². The van der Waals surface area contributed by atoms with Crippen LogP contribution in [0.15, 0.2) is 0 Å². The summed E-state index contributed by atoms with van der Waals surface area (Å²) in [5, 5.41) is 0. The summed E-state index contributed by atoms with van der Waals surface area (Å²) in [7, 11) is -4.67. The molecule has 0 saturated heterocycles. The van der Waals surface area contributed by atoms with Gasteiger partial charge in [-0.1, -0.05) is 0 Å². The number of hydrogen-bond donors (Lipinski definition) is 2. The van der Waals surface area contributed by atoms with Gasteiger partial charge in [-0.25, -0.2) is 0 Å². The molecule has 0 aromatic heterocycles. The zero-order chi connectivity index (χ0) is 4.50. The third-order valence-electron chi connectivity index (χ3n) is 0. The summed E-state index contributed by atoms with van der Waals surface area (Å²) in [5.41, 5.74) is 0. The van der Waals surface area contributed by atoms with Crippen molar-refractivity contribution in [3.8, 4) is 0 Å². The normalized spacial score (nSPS) is 8.29. The van der Waals surface area contributed by atoms with Crippen LogP contribution in [-0.4, -0.2) is 55.3 Å². The number of rotatable bonds is 0. The van der Waals surface area contributed by atoms with E-state index in [4.69, 9.17) is 17.5 Å². The van der Waals surface area contributed by atoms with E-state index < -0.39 is 10.4 Å². The van der Waals surface area contributed by atoms with E-state index in [1.54, 1.807) is 0 Å². The first-order chi connectivity index (χ1) is 2.00. The van der Waals surface area contributed by atoms with Gasteiger partial charge in [0.05, 0.1) is 0 Å². The Kier molecular flexibility index (Phi) is 13.6. The molecule has 7 heteroatoms. The summed E-state index contributed by atoms with van der Waals surface area (Å²) >= 11 is 0. The van der Waals surface area contributed by atoms with Gasteiger partial charge in [-0.3, -0.25) is 9.11 Å². The largest absolute Gasteiger partial charge is 2.00 e. The van der Waals surface area contributed by atoms with Crippen LogP contribution >= 0.6 is 0 Å². The van der Waals surface area contributed by atoms with Gasteiger partial charge in [0.2, 0.25) is 24.0 Å². The molecule has 0 aliphatic heterocycles. The zero-order valence-electron chi connectivity index (χ0n) is 3.27. The molecule has 0 atom stereocenters. The van der Waals surface area contributed by atoms with Crippen molar-refractivity contribution in [3.05, 3.63) is 0 Å². The third kappa shape index (κ3) is 78.0. The van der Waals surface area contributed by atoms with Gasteiger partial charge in [-0.15, -0.1) is 0 Å². The summed E-state index contributed by atoms with van der Waals surface area (Å²) in [6.07, 6.45) is 0. The maximum atomic E-state index is 8.74. The maximum absolute atomic E-state index is 8.74. The van der Waals surface area contributed by atoms with Gasteiger partial charge < -0.3 is 0 Å². The molecule has 0 aliphatic carbocycles. The molecule has 0 aromatic carbocycles. The standard InChI is InChI=1S/Ca.H2I.H2O4S/c;;1-5(2,3)4/h;1H2;(H2,1,2,3,4)/q+2;+1;. The van der Waals surface area contributed by atoms with Crippen LogP contribution in [0.25, 0.3) is 0 Å². The molecule has 0 bridgehead atoms. The molecule has 0 saturated carbocycles. The second kappa shape index (κ2) is 5.99. The van der Waals surface area contributed by atoms with Gasteiger partial charge in [-0.2, -0.15) is 8.42 Å². The topological polar surface area (TPSA) is 74.6 Å². The van der Waals surface area contributed by atoms with Gasteiger partial charge in [0.1, 0.15) is 0 Å². The smallest absolute Gasteiger partial charge is 0.264 e. The van der Waals surface area contributed by atoms with E-state index in [1.165, 1.54) is 0 Å². The van der Waals surface area contributed by atoms with E-state index in [9.17, 15) is 0 Å². The Morgan fingerprint density at radius 2 is 1.14 bits per heavy atom. The Bertz CT molecular complexity index is 94.9. The van der Waals surface area contributed by atoms with Crippen LogP contribution in [0.2, 0.25) is 0 Å². The molecule has 2 N–H and O–H groups in total. The van der Waals surface area contributed by atoms with E-state index in [0.717, 1.165) is 0 Å². The van der Waals surface area contributed by atoms with Crippen molar-refractivity contribution < 1.29 is 41.5 Å². The first-order valence-corrected chi connectivity index (χ1v) is 2.10. The quantitative estimate of drug-likeness (QED) is 0.263. The fraction of sp³-hybridized carbons (Fsp3) is 0. The molecule has 4 nitrogen and oxygen atoms in total. The van der Waals surface area contributed by atoms with Crippen LogP contribution in [0, 0.1) is 0 Å². The molecule has 0 radical (unpaired) electrons. The van der Waals surface area contributed by atoms with Gasteiger partial charge >= 0.3 is 48.1 Å². The summed E-state index contributed by atoms with van der Waals surface area (Å²) in [4.78, 5) is 0. The van der Waals surface area contributed by atoms with Crippen LogP contribution in [0.5, 0.6) is 0 Å². The average Bonchev–Trinajstić information content (AvgIpc) is 0.722. The minimum atomic E-state index is -4.67. The first-order valence-electron chi connectivity index (χ1n) is 0.698. The predicted molar refractivity (Wildman–Crippen MR) is 22.7 cm³/mol. The number of halogens is 1. The third-order valence-corrected chi connectivity index (χ3v) is 0. The summed E-state index contributed by atoms with van der Waals surface area (Å²) < 4.78 is 31.6. The molecule has 0 amide bonds. The molecule has 7 heavy (non-hydrogen) atoms. The van der Waals surface area contributed by atoms with E-state index in [2.05, 4.69) is 0 Å². The fourth-order valence-corrected chi connectivity index (χ4v) is 0. The van der Waals surface area contributed by atoms with Crippen molar-refractivity contribution in [2.45, 2.75) is 0 Å². The minimum Gasteiger partial charge on any atom is -0.264 e. The Balaban J connectivity index is -0.0000000800. The SMILES string of the molecule is O=S(=O)(O)O.[Ca+2].[IH2+]. The maximum Gasteiger partial charge on any atom is 2.00 e. The molecule has 0 unspecified atom stereocenters. The average molecular weight is 267 g/mol. The molecule has 0 aromatic rings. The van der Waals surface area contributed by atoms with Crippen molar-refractivity contribution >= 4 is 48.1 Å². The van der Waals surface area contributed by atoms with Crippen LogP contribution in [0.4, 0.5) is 0 Å². The van der Waals surface area contributed by atoms with Crippen LogP contribution < -0.4 is 24.0 Å². The fourth-order valence-electron chi connectivity index (χ4n) is 0. The van der Waals surface area contributed by atoms with Gasteiger partial charge in [0.25, 0.3) is 0 Å². The molecular weight excluding hydrogens is 263 g/mol. The molecule has 0 heterocycles. The van der Waals surface area contributed by atoms with Gasteiger partial charge in [0, 0.05) is 0 Å². The molecule has 0 rings (SSSR count). The summed E-state index contributed by atoms with van der Waals surface area (Å²) in [6.45, 7) is 0. The van der Waals surface area contributed by atoms with Crippen LogP contribution in [0.3, 0.4) is 0 Å². The van der Waals surface area contributed by atoms with E-state index in [1.807, 2.05) is 0 Å². The molecular formula is H4CaIO4S+3. The van der Waals surface area contributed by atoms with Crippen molar-refractivity contribution in [1.82, 2.24) is 0 Å². The van der Waals surface area contributed by atoms with E-state index in [0.29, 0.717) is 0 Å². The second-order valence-electron chi connectivity index (χ2n) is 0.448. The van der Waals surface area contributed by atoms with E-state index in [-0.39, 0.29) is 61.7 Å². The number of hydrogen-bond acceptors (Lipinski definition) is 2. The predicted octanol–water partition coefficient (Wildman–Crippen LogP) is -4.56. The molecule has 0 aliphatic rings. The molecule has 0 fully saturated rings. The van der Waals surface area contributed by atoms with Crippen molar-refractivity contribution in [1.29, 1.82) is 0 Å². The van der Waals surface area contributed by atoms with Gasteiger partial charge in [0.15, 0.2) is 0 Å². The Hall–Kier alpha value is 1.86. The summed E-state index contributed by atoms with van der Waals surface area (Å²) in [5.74, 6) is 0. The Labute approximate surface area is 88.3 Å². The molecule has 0 spiro atoms. The van der Waals surface area contributed by atoms with Crippen molar-refractivity contribution in [3.63, 3.8) is 0 Å². The monoisotopic (exact) mass is 267 g/mol. The Morgan fingerprint density at radius 1 is 1.14 bits per heavy atom. The molecule has 40 valence electrons. The second-order valence-corrected chi connectivity index (χ2v) is 1.34.